The minimum Gasteiger partial charge on any atom is -0.306 e. The summed E-state index contributed by atoms with van der Waals surface area (Å²) in [6.07, 6.45) is 5.93. The predicted molar refractivity (Wildman–Crippen MR) is 124 cm³/mol. The lowest BCUT2D eigenvalue weighted by molar-refractivity contribution is 0.0982. The summed E-state index contributed by atoms with van der Waals surface area (Å²) in [5.74, 6) is -0.128. The highest BCUT2D eigenvalue weighted by Crippen LogP contribution is 2.24. The number of sulfone groups is 2. The molecule has 2 aromatic heterocycles. The van der Waals surface area contributed by atoms with Crippen molar-refractivity contribution in [3.8, 4) is 0 Å². The average molecular weight is 483 g/mol. The van der Waals surface area contributed by atoms with E-state index >= 15 is 0 Å². The molecule has 0 saturated heterocycles. The number of Topliss-reactive ketones (excluding diaryl/α,β-unsaturated/α-hetero) is 1. The maximum absolute atomic E-state index is 13.0. The molecule has 0 amide bonds. The number of aromatic nitrogens is 2. The monoisotopic (exact) mass is 482 g/mol. The molecule has 0 aliphatic rings. The second kappa shape index (κ2) is 8.92. The SMILES string of the molecule is CCS(=O)(=O)c1cccc(S(=O)(=O)c2ccc(CCC(=O)c3ccc4nccn4c3)cc2)c1. The fraction of sp³-hybridized carbons (Fsp3) is 0.167. The number of imidazole rings is 1. The number of carbonyl (C=O) groups excluding carboxylic acids is 1. The van der Waals surface area contributed by atoms with Crippen LogP contribution in [0.1, 0.15) is 29.3 Å². The predicted octanol–water partition coefficient (Wildman–Crippen LogP) is 3.78. The number of hydrogen-bond donors (Lipinski definition) is 0. The van der Waals surface area contributed by atoms with Gasteiger partial charge in [-0.05, 0) is 54.4 Å². The lowest BCUT2D eigenvalue weighted by Gasteiger charge is -2.08. The van der Waals surface area contributed by atoms with Crippen molar-refractivity contribution in [2.45, 2.75) is 34.5 Å². The molecule has 2 aromatic carbocycles. The van der Waals surface area contributed by atoms with E-state index in [4.69, 9.17) is 0 Å². The fourth-order valence-electron chi connectivity index (χ4n) is 3.46. The van der Waals surface area contributed by atoms with Gasteiger partial charge < -0.3 is 4.40 Å². The third-order valence-corrected chi connectivity index (χ3v) is 8.94. The normalized spacial score (nSPS) is 12.2. The van der Waals surface area contributed by atoms with Crippen LogP contribution < -0.4 is 0 Å². The number of carbonyl (C=O) groups is 1. The van der Waals surface area contributed by atoms with E-state index in [-0.39, 0.29) is 32.6 Å². The van der Waals surface area contributed by atoms with Crippen LogP contribution in [-0.2, 0) is 26.1 Å². The van der Waals surface area contributed by atoms with Crippen molar-refractivity contribution in [2.24, 2.45) is 0 Å². The summed E-state index contributed by atoms with van der Waals surface area (Å²) in [6, 6.07) is 15.2. The highest BCUT2D eigenvalue weighted by atomic mass is 32.2. The summed E-state index contributed by atoms with van der Waals surface area (Å²) in [6.45, 7) is 1.51. The standard InChI is InChI=1S/C24H22N2O5S2/c1-2-32(28,29)21-4-3-5-22(16-21)33(30,31)20-10-6-18(7-11-20)8-12-23(27)19-9-13-24-25-14-15-26(24)17-19/h3-7,9-11,13-17H,2,8,12H2,1H3. The van der Waals surface area contributed by atoms with Gasteiger partial charge in [-0.15, -0.1) is 0 Å². The first-order valence-electron chi connectivity index (χ1n) is 10.3. The molecule has 0 bridgehead atoms. The molecule has 33 heavy (non-hydrogen) atoms. The van der Waals surface area contributed by atoms with E-state index in [1.54, 1.807) is 47.3 Å². The fourth-order valence-corrected chi connectivity index (χ4v) is 5.77. The third kappa shape index (κ3) is 4.74. The molecular weight excluding hydrogens is 460 g/mol. The van der Waals surface area contributed by atoms with Crippen LogP contribution in [-0.4, -0.2) is 37.8 Å². The highest BCUT2D eigenvalue weighted by Gasteiger charge is 2.21. The van der Waals surface area contributed by atoms with Gasteiger partial charge in [-0.1, -0.05) is 25.1 Å². The molecule has 0 unspecified atom stereocenters. The lowest BCUT2D eigenvalue weighted by Crippen LogP contribution is -2.07. The van der Waals surface area contributed by atoms with Crippen LogP contribution >= 0.6 is 0 Å². The first kappa shape index (κ1) is 22.9. The summed E-state index contributed by atoms with van der Waals surface area (Å²) in [4.78, 5) is 16.7. The number of rotatable bonds is 8. The number of aryl methyl sites for hydroxylation is 1. The third-order valence-electron chi connectivity index (χ3n) is 5.44. The molecule has 0 saturated carbocycles. The Balaban J connectivity index is 1.48. The van der Waals surface area contributed by atoms with Crippen LogP contribution in [0.2, 0.25) is 0 Å². The number of benzene rings is 2. The number of pyridine rings is 1. The molecule has 0 spiro atoms. The van der Waals surface area contributed by atoms with E-state index in [2.05, 4.69) is 4.98 Å². The molecule has 0 atom stereocenters. The zero-order valence-electron chi connectivity index (χ0n) is 17.9. The van der Waals surface area contributed by atoms with Crippen molar-refractivity contribution in [1.29, 1.82) is 0 Å². The van der Waals surface area contributed by atoms with Crippen LogP contribution in [0.25, 0.3) is 5.65 Å². The van der Waals surface area contributed by atoms with Crippen molar-refractivity contribution in [3.63, 3.8) is 0 Å². The Morgan fingerprint density at radius 1 is 0.909 bits per heavy atom. The van der Waals surface area contributed by atoms with Gasteiger partial charge in [0, 0.05) is 30.6 Å². The smallest absolute Gasteiger partial charge is 0.206 e. The van der Waals surface area contributed by atoms with Crippen molar-refractivity contribution in [2.75, 3.05) is 5.75 Å². The molecule has 7 nitrogen and oxygen atoms in total. The van der Waals surface area contributed by atoms with Crippen LogP contribution in [0.15, 0.2) is 93.9 Å². The van der Waals surface area contributed by atoms with E-state index < -0.39 is 19.7 Å². The van der Waals surface area contributed by atoms with Gasteiger partial charge in [0.25, 0.3) is 0 Å². The number of ketones is 1. The van der Waals surface area contributed by atoms with E-state index in [9.17, 15) is 21.6 Å². The van der Waals surface area contributed by atoms with Gasteiger partial charge >= 0.3 is 0 Å². The second-order valence-electron chi connectivity index (χ2n) is 7.56. The molecular formula is C24H22N2O5S2. The maximum atomic E-state index is 13.0. The highest BCUT2D eigenvalue weighted by molar-refractivity contribution is 7.92. The summed E-state index contributed by atoms with van der Waals surface area (Å²) >= 11 is 0. The summed E-state index contributed by atoms with van der Waals surface area (Å²) in [7, 11) is -7.39. The van der Waals surface area contributed by atoms with Gasteiger partial charge in [0.2, 0.25) is 9.84 Å². The number of fused-ring (bicyclic) bond motifs is 1. The van der Waals surface area contributed by atoms with Gasteiger partial charge in [0.15, 0.2) is 15.6 Å². The summed E-state index contributed by atoms with van der Waals surface area (Å²) < 4.78 is 52.0. The minimum atomic E-state index is -3.88. The average Bonchev–Trinajstić information content (AvgIpc) is 3.31. The molecule has 4 rings (SSSR count). The Kier molecular flexibility index (Phi) is 6.18. The van der Waals surface area contributed by atoms with Crippen LogP contribution in [0.3, 0.4) is 0 Å². The Labute approximate surface area is 192 Å². The topological polar surface area (TPSA) is 103 Å². The molecule has 4 aromatic rings. The van der Waals surface area contributed by atoms with Crippen LogP contribution in [0.4, 0.5) is 0 Å². The van der Waals surface area contributed by atoms with Crippen molar-refractivity contribution >= 4 is 31.1 Å². The summed E-state index contributed by atoms with van der Waals surface area (Å²) in [5, 5.41) is 0. The molecule has 0 aliphatic carbocycles. The van der Waals surface area contributed by atoms with E-state index in [0.717, 1.165) is 11.2 Å². The van der Waals surface area contributed by atoms with E-state index in [1.165, 1.54) is 43.3 Å². The molecule has 0 aliphatic heterocycles. The van der Waals surface area contributed by atoms with Gasteiger partial charge in [-0.2, -0.15) is 0 Å². The largest absolute Gasteiger partial charge is 0.306 e. The van der Waals surface area contributed by atoms with Crippen LogP contribution in [0.5, 0.6) is 0 Å². The van der Waals surface area contributed by atoms with Crippen molar-refractivity contribution in [1.82, 2.24) is 9.38 Å². The molecule has 0 N–H and O–H groups in total. The molecule has 0 fully saturated rings. The Morgan fingerprint density at radius 3 is 2.36 bits per heavy atom. The Hall–Kier alpha value is -3.30. The second-order valence-corrected chi connectivity index (χ2v) is 11.8. The Bertz CT molecular complexity index is 1540. The minimum absolute atomic E-state index is 0.0174. The molecule has 170 valence electrons. The first-order valence-corrected chi connectivity index (χ1v) is 13.5. The number of hydrogen-bond acceptors (Lipinski definition) is 6. The molecule has 0 radical (unpaired) electrons. The van der Waals surface area contributed by atoms with Gasteiger partial charge in [-0.3, -0.25) is 4.79 Å². The zero-order chi connectivity index (χ0) is 23.6. The molecule has 2 heterocycles. The van der Waals surface area contributed by atoms with Crippen molar-refractivity contribution in [3.05, 3.63) is 90.4 Å². The first-order chi connectivity index (χ1) is 15.7. The maximum Gasteiger partial charge on any atom is 0.206 e. The quantitative estimate of drug-likeness (QED) is 0.354. The molecule has 9 heteroatoms. The van der Waals surface area contributed by atoms with E-state index in [0.29, 0.717) is 12.0 Å². The zero-order valence-corrected chi connectivity index (χ0v) is 19.5. The van der Waals surface area contributed by atoms with Gasteiger partial charge in [0.1, 0.15) is 5.65 Å². The van der Waals surface area contributed by atoms with Gasteiger partial charge in [-0.25, -0.2) is 21.8 Å². The van der Waals surface area contributed by atoms with E-state index in [1.807, 2.05) is 0 Å². The summed E-state index contributed by atoms with van der Waals surface area (Å²) in [5.41, 5.74) is 2.18. The van der Waals surface area contributed by atoms with Crippen LogP contribution in [0, 0.1) is 0 Å². The Morgan fingerprint density at radius 2 is 1.64 bits per heavy atom. The van der Waals surface area contributed by atoms with Gasteiger partial charge in [0.05, 0.1) is 20.4 Å². The lowest BCUT2D eigenvalue weighted by atomic mass is 10.0. The van der Waals surface area contributed by atoms with Crippen molar-refractivity contribution < 1.29 is 21.6 Å². The number of nitrogens with zero attached hydrogens (tertiary/aromatic N) is 2.